The molecule has 2 aromatic rings. The molecule has 2 aliphatic rings. The molecular weight excluding hydrogens is 640 g/mol. The van der Waals surface area contributed by atoms with E-state index in [0.717, 1.165) is 12.1 Å². The Morgan fingerprint density at radius 1 is 0.980 bits per heavy atom. The molecule has 1 saturated heterocycles. The predicted molar refractivity (Wildman–Crippen MR) is 173 cm³/mol. The molecule has 49 heavy (non-hydrogen) atoms. The minimum Gasteiger partial charge on any atom is -0.508 e. The van der Waals surface area contributed by atoms with Crippen LogP contribution >= 0.6 is 0 Å². The number of phenols is 2. The molecule has 262 valence electrons. The second kappa shape index (κ2) is 14.9. The molecule has 0 saturated carbocycles. The van der Waals surface area contributed by atoms with Crippen LogP contribution in [0.15, 0.2) is 65.4 Å². The van der Waals surface area contributed by atoms with E-state index in [4.69, 9.17) is 14.2 Å². The van der Waals surface area contributed by atoms with Crippen LogP contribution in [0.5, 0.6) is 11.5 Å². The molecule has 0 spiro atoms. The number of rotatable bonds is 11. The van der Waals surface area contributed by atoms with E-state index in [-0.39, 0.29) is 36.6 Å². The topological polar surface area (TPSA) is 218 Å². The Bertz CT molecular complexity index is 1690. The summed E-state index contributed by atoms with van der Waals surface area (Å²) < 4.78 is 16.2. The number of amides is 1. The van der Waals surface area contributed by atoms with Gasteiger partial charge in [0.2, 0.25) is 5.78 Å². The molecule has 6 N–H and O–H groups in total. The lowest BCUT2D eigenvalue weighted by Gasteiger charge is -2.34. The molecule has 14 heteroatoms. The SMILES string of the molecule is CCCCOC(=O)c1cccc(O)c1C(=O)C1=C(O)C=C(C(=O)O[C@@H]2CNC[C@H]2NC(=O)c2ccc(O)cc2)CC1(O)C(=O)OC(C)(C)C. The summed E-state index contributed by atoms with van der Waals surface area (Å²) >= 11 is 0. The van der Waals surface area contributed by atoms with Crippen molar-refractivity contribution in [3.8, 4) is 11.5 Å². The standard InChI is InChI=1S/C35H40N2O12/c1-5-6-14-47-32(44)22-8-7-9-24(39)27(22)29(41)28-25(40)15-20(16-35(28,46)33(45)49-34(2,3)4)31(43)48-26-18-36-17-23(26)37-30(42)19-10-12-21(38)13-11-19/h7-13,15,23,26,36,38-40,46H,5-6,14,16-18H2,1-4H3,(H,37,42)/t23-,26-,35?/m1/s1. The van der Waals surface area contributed by atoms with Gasteiger partial charge in [0.1, 0.15) is 29.0 Å². The molecule has 1 aliphatic carbocycles. The fourth-order valence-corrected chi connectivity index (χ4v) is 5.30. The third kappa shape index (κ3) is 8.45. The summed E-state index contributed by atoms with van der Waals surface area (Å²) in [6.45, 7) is 6.77. The number of phenolic OH excluding ortho intramolecular Hbond substituents is 2. The number of hydrogen-bond donors (Lipinski definition) is 6. The number of nitrogens with one attached hydrogen (secondary N) is 2. The van der Waals surface area contributed by atoms with Gasteiger partial charge in [0, 0.05) is 30.6 Å². The average Bonchev–Trinajstić information content (AvgIpc) is 3.45. The van der Waals surface area contributed by atoms with Gasteiger partial charge in [-0.3, -0.25) is 9.59 Å². The molecular formula is C35H40N2O12. The van der Waals surface area contributed by atoms with E-state index < -0.39 is 87.6 Å². The number of ether oxygens (including phenoxy) is 3. The fraction of sp³-hybridized carbons (Fsp3) is 0.400. The van der Waals surface area contributed by atoms with Crippen LogP contribution in [0.2, 0.25) is 0 Å². The zero-order valence-electron chi connectivity index (χ0n) is 27.6. The molecule has 1 fully saturated rings. The Hall–Kier alpha value is -5.21. The van der Waals surface area contributed by atoms with Crippen LogP contribution < -0.4 is 10.6 Å². The number of carbonyl (C=O) groups is 5. The van der Waals surface area contributed by atoms with Crippen LogP contribution in [0.3, 0.4) is 0 Å². The molecule has 1 aliphatic heterocycles. The maximum Gasteiger partial charge on any atom is 0.344 e. The third-order valence-electron chi connectivity index (χ3n) is 7.74. The van der Waals surface area contributed by atoms with Gasteiger partial charge in [-0.1, -0.05) is 19.4 Å². The molecule has 0 aromatic heterocycles. The molecule has 1 unspecified atom stereocenters. The summed E-state index contributed by atoms with van der Waals surface area (Å²) in [5.74, 6) is -6.92. The number of aromatic hydroxyl groups is 2. The lowest BCUT2D eigenvalue weighted by Crippen LogP contribution is -2.50. The number of aliphatic hydroxyl groups is 2. The van der Waals surface area contributed by atoms with Gasteiger partial charge in [-0.2, -0.15) is 0 Å². The highest BCUT2D eigenvalue weighted by Crippen LogP contribution is 2.39. The van der Waals surface area contributed by atoms with Crippen molar-refractivity contribution in [1.82, 2.24) is 10.6 Å². The number of Topliss-reactive ketones (excluding diaryl/α,β-unsaturated/α-hetero) is 1. The quantitative estimate of drug-likeness (QED) is 0.0872. The minimum atomic E-state index is -2.98. The number of allylic oxidation sites excluding steroid dienone is 1. The van der Waals surface area contributed by atoms with Crippen LogP contribution in [-0.4, -0.2) is 93.1 Å². The Morgan fingerprint density at radius 2 is 1.67 bits per heavy atom. The second-order valence-corrected chi connectivity index (χ2v) is 12.7. The van der Waals surface area contributed by atoms with Crippen LogP contribution in [0.4, 0.5) is 0 Å². The number of ketones is 1. The third-order valence-corrected chi connectivity index (χ3v) is 7.74. The number of hydrogen-bond acceptors (Lipinski definition) is 13. The van der Waals surface area contributed by atoms with Crippen molar-refractivity contribution in [2.24, 2.45) is 0 Å². The van der Waals surface area contributed by atoms with E-state index >= 15 is 0 Å². The number of esters is 3. The first-order valence-corrected chi connectivity index (χ1v) is 15.7. The normalized spacial score (nSPS) is 20.6. The second-order valence-electron chi connectivity index (χ2n) is 12.7. The largest absolute Gasteiger partial charge is 0.508 e. The van der Waals surface area contributed by atoms with Gasteiger partial charge in [0.25, 0.3) is 5.91 Å². The van der Waals surface area contributed by atoms with E-state index in [9.17, 15) is 44.4 Å². The summed E-state index contributed by atoms with van der Waals surface area (Å²) in [5.41, 5.74) is -6.30. The van der Waals surface area contributed by atoms with E-state index in [0.29, 0.717) is 12.8 Å². The first-order valence-electron chi connectivity index (χ1n) is 15.7. The maximum atomic E-state index is 14.0. The molecule has 0 radical (unpaired) electrons. The molecule has 14 nitrogen and oxygen atoms in total. The Balaban J connectivity index is 1.67. The first kappa shape index (κ1) is 36.6. The van der Waals surface area contributed by atoms with E-state index in [1.807, 2.05) is 6.92 Å². The van der Waals surface area contributed by atoms with E-state index in [2.05, 4.69) is 10.6 Å². The lowest BCUT2D eigenvalue weighted by molar-refractivity contribution is -0.173. The van der Waals surface area contributed by atoms with Crippen molar-refractivity contribution in [1.29, 1.82) is 0 Å². The predicted octanol–water partition coefficient (Wildman–Crippen LogP) is 2.77. The number of aliphatic hydroxyl groups excluding tert-OH is 1. The molecule has 1 amide bonds. The highest BCUT2D eigenvalue weighted by Gasteiger charge is 2.52. The summed E-state index contributed by atoms with van der Waals surface area (Å²) in [6.07, 6.45) is 0.289. The van der Waals surface area contributed by atoms with Gasteiger partial charge in [-0.15, -0.1) is 0 Å². The molecule has 2 aromatic carbocycles. The highest BCUT2D eigenvalue weighted by atomic mass is 16.6. The summed E-state index contributed by atoms with van der Waals surface area (Å²) in [5, 5.41) is 49.1. The smallest absolute Gasteiger partial charge is 0.344 e. The number of unbranched alkanes of at least 4 members (excludes halogenated alkanes) is 1. The van der Waals surface area contributed by atoms with Gasteiger partial charge in [0.15, 0.2) is 5.60 Å². The summed E-state index contributed by atoms with van der Waals surface area (Å²) in [6, 6.07) is 8.44. The van der Waals surface area contributed by atoms with E-state index in [1.54, 1.807) is 0 Å². The van der Waals surface area contributed by atoms with Crippen molar-refractivity contribution >= 4 is 29.6 Å². The van der Waals surface area contributed by atoms with Crippen molar-refractivity contribution < 1.29 is 58.6 Å². The number of carbonyl (C=O) groups excluding carboxylic acids is 5. The van der Waals surface area contributed by atoms with Gasteiger partial charge >= 0.3 is 17.9 Å². The molecule has 3 atom stereocenters. The van der Waals surface area contributed by atoms with Crippen LogP contribution in [-0.2, 0) is 23.8 Å². The molecule has 1 heterocycles. The molecule has 0 bridgehead atoms. The number of benzene rings is 2. The Morgan fingerprint density at radius 3 is 2.33 bits per heavy atom. The van der Waals surface area contributed by atoms with Gasteiger partial charge < -0.3 is 45.3 Å². The first-order chi connectivity index (χ1) is 23.1. The van der Waals surface area contributed by atoms with Crippen molar-refractivity contribution in [2.45, 2.75) is 70.3 Å². The van der Waals surface area contributed by atoms with Crippen molar-refractivity contribution in [3.05, 3.63) is 82.1 Å². The zero-order chi connectivity index (χ0) is 36.1. The zero-order valence-corrected chi connectivity index (χ0v) is 27.6. The van der Waals surface area contributed by atoms with E-state index in [1.165, 1.54) is 57.2 Å². The lowest BCUT2D eigenvalue weighted by atomic mass is 9.77. The maximum absolute atomic E-state index is 14.0. The monoisotopic (exact) mass is 680 g/mol. The van der Waals surface area contributed by atoms with Gasteiger partial charge in [-0.05, 0) is 69.7 Å². The van der Waals surface area contributed by atoms with Gasteiger partial charge in [0.05, 0.1) is 29.3 Å². The Kier molecular flexibility index (Phi) is 11.1. The van der Waals surface area contributed by atoms with Crippen LogP contribution in [0, 0.1) is 0 Å². The fourth-order valence-electron chi connectivity index (χ4n) is 5.30. The molecule has 4 rings (SSSR count). The average molecular weight is 681 g/mol. The van der Waals surface area contributed by atoms with Gasteiger partial charge in [-0.25, -0.2) is 14.4 Å². The summed E-state index contributed by atoms with van der Waals surface area (Å²) in [4.78, 5) is 66.7. The van der Waals surface area contributed by atoms with Crippen LogP contribution in [0.1, 0.15) is 78.0 Å². The highest BCUT2D eigenvalue weighted by molar-refractivity contribution is 6.20. The van der Waals surface area contributed by atoms with Crippen LogP contribution in [0.25, 0.3) is 0 Å². The minimum absolute atomic E-state index is 0.0222. The summed E-state index contributed by atoms with van der Waals surface area (Å²) in [7, 11) is 0. The van der Waals surface area contributed by atoms with Crippen molar-refractivity contribution in [3.63, 3.8) is 0 Å². The van der Waals surface area contributed by atoms with Crippen molar-refractivity contribution in [2.75, 3.05) is 19.7 Å². The Labute approximate surface area is 282 Å².